The lowest BCUT2D eigenvalue weighted by Crippen LogP contribution is -2.45. The van der Waals surface area contributed by atoms with Crippen molar-refractivity contribution in [2.45, 2.75) is 31.4 Å². The van der Waals surface area contributed by atoms with Crippen molar-refractivity contribution in [2.75, 3.05) is 25.4 Å². The summed E-state index contributed by atoms with van der Waals surface area (Å²) < 4.78 is 0.384. The molecule has 1 saturated heterocycles. The third-order valence-corrected chi connectivity index (χ3v) is 4.63. The zero-order valence-electron chi connectivity index (χ0n) is 8.81. The standard InChI is InChI=1S/C10H22N2S/c1-9(2)7-13-10(8-11)3-5-12-6-4-10/h9,12H,3-8,11H2,1-2H3. The summed E-state index contributed by atoms with van der Waals surface area (Å²) in [6, 6.07) is 0. The molecule has 1 fully saturated rings. The maximum absolute atomic E-state index is 5.88. The number of piperidine rings is 1. The molecule has 1 heterocycles. The second-order valence-electron chi connectivity index (χ2n) is 4.34. The van der Waals surface area contributed by atoms with Gasteiger partial charge < -0.3 is 11.1 Å². The van der Waals surface area contributed by atoms with Crippen molar-refractivity contribution >= 4 is 11.8 Å². The van der Waals surface area contributed by atoms with Crippen LogP contribution in [-0.4, -0.2) is 30.1 Å². The summed E-state index contributed by atoms with van der Waals surface area (Å²) in [6.07, 6.45) is 2.47. The fourth-order valence-corrected chi connectivity index (χ4v) is 2.93. The summed E-state index contributed by atoms with van der Waals surface area (Å²) >= 11 is 2.09. The van der Waals surface area contributed by atoms with Gasteiger partial charge in [0.2, 0.25) is 0 Å². The Morgan fingerprint density at radius 2 is 2.00 bits per heavy atom. The molecule has 0 aromatic carbocycles. The summed E-state index contributed by atoms with van der Waals surface area (Å²) in [4.78, 5) is 0. The lowest BCUT2D eigenvalue weighted by Gasteiger charge is -2.36. The van der Waals surface area contributed by atoms with E-state index in [1.165, 1.54) is 18.6 Å². The van der Waals surface area contributed by atoms with Gasteiger partial charge >= 0.3 is 0 Å². The third kappa shape index (κ3) is 3.49. The van der Waals surface area contributed by atoms with Gasteiger partial charge in [-0.15, -0.1) is 0 Å². The van der Waals surface area contributed by atoms with Crippen molar-refractivity contribution < 1.29 is 0 Å². The van der Waals surface area contributed by atoms with E-state index in [2.05, 4.69) is 30.9 Å². The first-order chi connectivity index (χ1) is 6.18. The summed E-state index contributed by atoms with van der Waals surface area (Å²) in [6.45, 7) is 7.67. The molecule has 0 unspecified atom stereocenters. The molecular weight excluding hydrogens is 180 g/mol. The molecule has 1 aliphatic rings. The van der Waals surface area contributed by atoms with Crippen molar-refractivity contribution in [2.24, 2.45) is 11.7 Å². The summed E-state index contributed by atoms with van der Waals surface area (Å²) in [7, 11) is 0. The van der Waals surface area contributed by atoms with Gasteiger partial charge in [-0.3, -0.25) is 0 Å². The maximum atomic E-state index is 5.88. The lowest BCUT2D eigenvalue weighted by molar-refractivity contribution is 0.419. The van der Waals surface area contributed by atoms with Gasteiger partial charge in [0.25, 0.3) is 0 Å². The number of nitrogens with two attached hydrogens (primary N) is 1. The van der Waals surface area contributed by atoms with Crippen LogP contribution >= 0.6 is 11.8 Å². The van der Waals surface area contributed by atoms with Crippen LogP contribution in [0.15, 0.2) is 0 Å². The molecule has 1 rings (SSSR count). The normalized spacial score (nSPS) is 22.2. The monoisotopic (exact) mass is 202 g/mol. The van der Waals surface area contributed by atoms with Gasteiger partial charge in [0.15, 0.2) is 0 Å². The Bertz CT molecular complexity index is 142. The Balaban J connectivity index is 2.38. The minimum Gasteiger partial charge on any atom is -0.329 e. The van der Waals surface area contributed by atoms with Gasteiger partial charge in [0.1, 0.15) is 0 Å². The highest BCUT2D eigenvalue weighted by molar-refractivity contribution is 8.00. The first-order valence-electron chi connectivity index (χ1n) is 5.23. The molecule has 3 heteroatoms. The highest BCUT2D eigenvalue weighted by Crippen LogP contribution is 2.34. The molecule has 0 radical (unpaired) electrons. The van der Waals surface area contributed by atoms with Gasteiger partial charge in [-0.2, -0.15) is 11.8 Å². The predicted molar refractivity (Wildman–Crippen MR) is 61.2 cm³/mol. The maximum Gasteiger partial charge on any atom is 0.0306 e. The van der Waals surface area contributed by atoms with Crippen LogP contribution in [0.4, 0.5) is 0 Å². The zero-order chi connectivity index (χ0) is 9.73. The molecule has 0 aromatic rings. The Morgan fingerprint density at radius 1 is 1.38 bits per heavy atom. The molecule has 0 saturated carbocycles. The summed E-state index contributed by atoms with van der Waals surface area (Å²) in [5, 5.41) is 3.39. The van der Waals surface area contributed by atoms with Crippen LogP contribution in [0.2, 0.25) is 0 Å². The van der Waals surface area contributed by atoms with Crippen molar-refractivity contribution in [3.8, 4) is 0 Å². The zero-order valence-corrected chi connectivity index (χ0v) is 9.62. The summed E-state index contributed by atoms with van der Waals surface area (Å²) in [5.41, 5.74) is 5.88. The quantitative estimate of drug-likeness (QED) is 0.725. The van der Waals surface area contributed by atoms with Crippen LogP contribution in [0.25, 0.3) is 0 Å². The van der Waals surface area contributed by atoms with Crippen LogP contribution in [0.3, 0.4) is 0 Å². The van der Waals surface area contributed by atoms with Crippen molar-refractivity contribution in [1.82, 2.24) is 5.32 Å². The second-order valence-corrected chi connectivity index (χ2v) is 5.83. The van der Waals surface area contributed by atoms with E-state index in [4.69, 9.17) is 5.73 Å². The molecular formula is C10H22N2S. The molecule has 0 bridgehead atoms. The van der Waals surface area contributed by atoms with E-state index in [1.54, 1.807) is 0 Å². The van der Waals surface area contributed by atoms with E-state index in [0.29, 0.717) is 4.75 Å². The van der Waals surface area contributed by atoms with E-state index in [-0.39, 0.29) is 0 Å². The molecule has 0 atom stereocenters. The highest BCUT2D eigenvalue weighted by atomic mass is 32.2. The topological polar surface area (TPSA) is 38.0 Å². The largest absolute Gasteiger partial charge is 0.329 e. The Labute approximate surface area is 86.0 Å². The lowest BCUT2D eigenvalue weighted by atomic mass is 9.97. The number of hydrogen-bond acceptors (Lipinski definition) is 3. The molecule has 1 aliphatic heterocycles. The van der Waals surface area contributed by atoms with Gasteiger partial charge in [0, 0.05) is 11.3 Å². The SMILES string of the molecule is CC(C)CSC1(CN)CCNCC1. The summed E-state index contributed by atoms with van der Waals surface area (Å²) in [5.74, 6) is 2.03. The fourth-order valence-electron chi connectivity index (χ4n) is 1.63. The van der Waals surface area contributed by atoms with Gasteiger partial charge in [-0.05, 0) is 37.6 Å². The molecule has 78 valence electrons. The highest BCUT2D eigenvalue weighted by Gasteiger charge is 2.30. The number of thioether (sulfide) groups is 1. The van der Waals surface area contributed by atoms with Crippen molar-refractivity contribution in [1.29, 1.82) is 0 Å². The smallest absolute Gasteiger partial charge is 0.0306 e. The Morgan fingerprint density at radius 3 is 2.46 bits per heavy atom. The first-order valence-corrected chi connectivity index (χ1v) is 6.22. The number of hydrogen-bond donors (Lipinski definition) is 2. The van der Waals surface area contributed by atoms with Crippen LogP contribution in [0, 0.1) is 5.92 Å². The van der Waals surface area contributed by atoms with Crippen molar-refractivity contribution in [3.05, 3.63) is 0 Å². The predicted octanol–water partition coefficient (Wildman–Crippen LogP) is 1.46. The van der Waals surface area contributed by atoms with Crippen LogP contribution in [-0.2, 0) is 0 Å². The molecule has 13 heavy (non-hydrogen) atoms. The minimum absolute atomic E-state index is 0.384. The average molecular weight is 202 g/mol. The van der Waals surface area contributed by atoms with Crippen LogP contribution in [0.1, 0.15) is 26.7 Å². The molecule has 0 aromatic heterocycles. The molecule has 0 spiro atoms. The van der Waals surface area contributed by atoms with E-state index in [0.717, 1.165) is 25.6 Å². The fraction of sp³-hybridized carbons (Fsp3) is 1.00. The Kier molecular flexibility index (Phi) is 4.56. The minimum atomic E-state index is 0.384. The second kappa shape index (κ2) is 5.23. The molecule has 0 aliphatic carbocycles. The van der Waals surface area contributed by atoms with E-state index < -0.39 is 0 Å². The van der Waals surface area contributed by atoms with Crippen LogP contribution < -0.4 is 11.1 Å². The number of nitrogens with one attached hydrogen (secondary N) is 1. The van der Waals surface area contributed by atoms with Crippen molar-refractivity contribution in [3.63, 3.8) is 0 Å². The van der Waals surface area contributed by atoms with E-state index in [9.17, 15) is 0 Å². The van der Waals surface area contributed by atoms with E-state index >= 15 is 0 Å². The number of rotatable bonds is 4. The molecule has 3 N–H and O–H groups in total. The first kappa shape index (κ1) is 11.3. The molecule has 2 nitrogen and oxygen atoms in total. The Hall–Kier alpha value is 0.270. The van der Waals surface area contributed by atoms with Gasteiger partial charge in [-0.1, -0.05) is 13.8 Å². The van der Waals surface area contributed by atoms with Crippen LogP contribution in [0.5, 0.6) is 0 Å². The third-order valence-electron chi connectivity index (χ3n) is 2.61. The van der Waals surface area contributed by atoms with Gasteiger partial charge in [-0.25, -0.2) is 0 Å². The van der Waals surface area contributed by atoms with Gasteiger partial charge in [0.05, 0.1) is 0 Å². The average Bonchev–Trinajstić information content (AvgIpc) is 2.16. The van der Waals surface area contributed by atoms with E-state index in [1.807, 2.05) is 0 Å². The molecule has 0 amide bonds.